The summed E-state index contributed by atoms with van der Waals surface area (Å²) in [7, 11) is 0. The van der Waals surface area contributed by atoms with Crippen LogP contribution in [0.15, 0.2) is 48.7 Å². The highest BCUT2D eigenvalue weighted by Gasteiger charge is 2.08. The number of ether oxygens (including phenoxy) is 1. The molecule has 0 bridgehead atoms. The van der Waals surface area contributed by atoms with Crippen molar-refractivity contribution in [2.45, 2.75) is 0 Å². The molecule has 0 aliphatic rings. The molecule has 3 nitrogen and oxygen atoms in total. The van der Waals surface area contributed by atoms with Crippen LogP contribution in [0.5, 0.6) is 0 Å². The molecule has 0 spiro atoms. The van der Waals surface area contributed by atoms with E-state index in [1.165, 1.54) is 6.08 Å². The van der Waals surface area contributed by atoms with E-state index in [-0.39, 0.29) is 5.57 Å². The van der Waals surface area contributed by atoms with E-state index in [2.05, 4.69) is 11.3 Å². The number of benzene rings is 1. The van der Waals surface area contributed by atoms with E-state index in [1.807, 2.05) is 18.2 Å². The van der Waals surface area contributed by atoms with Gasteiger partial charge in [-0.2, -0.15) is 5.26 Å². The van der Waals surface area contributed by atoms with Crippen LogP contribution in [0, 0.1) is 11.3 Å². The lowest BCUT2D eigenvalue weighted by atomic mass is 10.1. The highest BCUT2D eigenvalue weighted by molar-refractivity contribution is 5.98. The summed E-state index contributed by atoms with van der Waals surface area (Å²) in [6, 6.07) is 10.8. The largest absolute Gasteiger partial charge is 0.431 e. The topological polar surface area (TPSA) is 50.1 Å². The van der Waals surface area contributed by atoms with Crippen LogP contribution in [-0.2, 0) is 9.53 Å². The van der Waals surface area contributed by atoms with Gasteiger partial charge in [0, 0.05) is 0 Å². The molecule has 0 saturated heterocycles. The molecular formula is C12H9NO2. The Morgan fingerprint density at radius 1 is 1.40 bits per heavy atom. The summed E-state index contributed by atoms with van der Waals surface area (Å²) in [5.74, 6) is -0.698. The Morgan fingerprint density at radius 2 is 2.07 bits per heavy atom. The van der Waals surface area contributed by atoms with Gasteiger partial charge in [-0.1, -0.05) is 36.9 Å². The molecule has 0 N–H and O–H groups in total. The summed E-state index contributed by atoms with van der Waals surface area (Å²) >= 11 is 0. The minimum absolute atomic E-state index is 0.0545. The van der Waals surface area contributed by atoms with Crippen molar-refractivity contribution in [3.63, 3.8) is 0 Å². The van der Waals surface area contributed by atoms with Crippen LogP contribution in [0.2, 0.25) is 0 Å². The maximum absolute atomic E-state index is 11.2. The number of nitriles is 1. The van der Waals surface area contributed by atoms with E-state index >= 15 is 0 Å². The SMILES string of the molecule is C=COC(=O)/C(C#N)=C/c1ccccc1. The van der Waals surface area contributed by atoms with Gasteiger partial charge in [0.25, 0.3) is 0 Å². The molecule has 1 aromatic carbocycles. The first-order valence-electron chi connectivity index (χ1n) is 4.26. The Kier molecular flexibility index (Phi) is 3.87. The lowest BCUT2D eigenvalue weighted by Gasteiger charge is -1.96. The Bertz CT molecular complexity index is 427. The third-order valence-corrected chi connectivity index (χ3v) is 1.64. The normalized spacial score (nSPS) is 10.2. The van der Waals surface area contributed by atoms with Crippen LogP contribution < -0.4 is 0 Å². The third kappa shape index (κ3) is 3.12. The van der Waals surface area contributed by atoms with Gasteiger partial charge in [0.05, 0.1) is 6.26 Å². The molecule has 15 heavy (non-hydrogen) atoms. The zero-order valence-corrected chi connectivity index (χ0v) is 8.01. The molecule has 0 fully saturated rings. The number of esters is 1. The molecular weight excluding hydrogens is 190 g/mol. The molecule has 0 unspecified atom stereocenters. The van der Waals surface area contributed by atoms with Crippen molar-refractivity contribution in [3.8, 4) is 6.07 Å². The maximum Gasteiger partial charge on any atom is 0.353 e. The molecule has 0 aliphatic carbocycles. The molecule has 0 radical (unpaired) electrons. The second kappa shape index (κ2) is 5.40. The summed E-state index contributed by atoms with van der Waals surface area (Å²) in [5.41, 5.74) is 0.719. The van der Waals surface area contributed by atoms with Crippen LogP contribution in [0.4, 0.5) is 0 Å². The molecule has 0 amide bonds. The van der Waals surface area contributed by atoms with Crippen molar-refractivity contribution >= 4 is 12.0 Å². The smallest absolute Gasteiger partial charge is 0.353 e. The highest BCUT2D eigenvalue weighted by atomic mass is 16.5. The summed E-state index contributed by atoms with van der Waals surface area (Å²) in [5, 5.41) is 8.73. The monoisotopic (exact) mass is 199 g/mol. The third-order valence-electron chi connectivity index (χ3n) is 1.64. The Balaban J connectivity index is 2.94. The fourth-order valence-electron chi connectivity index (χ4n) is 0.992. The summed E-state index contributed by atoms with van der Waals surface area (Å²) < 4.78 is 4.50. The second-order valence-electron chi connectivity index (χ2n) is 2.65. The standard InChI is InChI=1S/C12H9NO2/c1-2-15-12(14)11(9-13)8-10-6-4-3-5-7-10/h2-8H,1H2/b11-8+. The van der Waals surface area contributed by atoms with Gasteiger partial charge >= 0.3 is 5.97 Å². The molecule has 3 heteroatoms. The summed E-state index contributed by atoms with van der Waals surface area (Å²) in [4.78, 5) is 11.2. The molecule has 0 heterocycles. The van der Waals surface area contributed by atoms with E-state index < -0.39 is 5.97 Å². The Morgan fingerprint density at radius 3 is 2.60 bits per heavy atom. The summed E-state index contributed by atoms with van der Waals surface area (Å²) in [6.45, 7) is 3.24. The van der Waals surface area contributed by atoms with Gasteiger partial charge in [-0.3, -0.25) is 0 Å². The first-order chi connectivity index (χ1) is 7.27. The van der Waals surface area contributed by atoms with E-state index in [0.29, 0.717) is 0 Å². The van der Waals surface area contributed by atoms with Crippen LogP contribution in [0.1, 0.15) is 5.56 Å². The minimum Gasteiger partial charge on any atom is -0.431 e. The van der Waals surface area contributed by atoms with Gasteiger partial charge in [-0.05, 0) is 11.6 Å². The van der Waals surface area contributed by atoms with Gasteiger partial charge in [0.2, 0.25) is 0 Å². The average Bonchev–Trinajstić information content (AvgIpc) is 2.27. The fraction of sp³-hybridized carbons (Fsp3) is 0. The van der Waals surface area contributed by atoms with Gasteiger partial charge in [0.15, 0.2) is 0 Å². The number of nitrogens with zero attached hydrogens (tertiary/aromatic N) is 1. The van der Waals surface area contributed by atoms with Crippen LogP contribution in [-0.4, -0.2) is 5.97 Å². The predicted octanol–water partition coefficient (Wildman–Crippen LogP) is 2.28. The fourth-order valence-corrected chi connectivity index (χ4v) is 0.992. The van der Waals surface area contributed by atoms with Crippen molar-refractivity contribution in [1.82, 2.24) is 0 Å². The number of hydrogen-bond acceptors (Lipinski definition) is 3. The summed E-state index contributed by atoms with van der Waals surface area (Å²) in [6.07, 6.45) is 2.46. The lowest BCUT2D eigenvalue weighted by molar-refractivity contribution is -0.133. The second-order valence-corrected chi connectivity index (χ2v) is 2.65. The minimum atomic E-state index is -0.698. The van der Waals surface area contributed by atoms with Gasteiger partial charge < -0.3 is 4.74 Å². The van der Waals surface area contributed by atoms with Crippen molar-refractivity contribution in [3.05, 3.63) is 54.3 Å². The zero-order valence-electron chi connectivity index (χ0n) is 8.01. The molecule has 0 saturated carbocycles. The number of carbonyl (C=O) groups is 1. The van der Waals surface area contributed by atoms with Crippen molar-refractivity contribution in [1.29, 1.82) is 5.26 Å². The first kappa shape index (κ1) is 10.7. The Labute approximate surface area is 87.9 Å². The molecule has 0 atom stereocenters. The molecule has 1 aromatic rings. The van der Waals surface area contributed by atoms with Crippen LogP contribution in [0.25, 0.3) is 6.08 Å². The lowest BCUT2D eigenvalue weighted by Crippen LogP contribution is -2.01. The van der Waals surface area contributed by atoms with Crippen LogP contribution >= 0.6 is 0 Å². The van der Waals surface area contributed by atoms with Crippen molar-refractivity contribution in [2.75, 3.05) is 0 Å². The van der Waals surface area contributed by atoms with Gasteiger partial charge in [-0.15, -0.1) is 0 Å². The Hall–Kier alpha value is -2.34. The van der Waals surface area contributed by atoms with E-state index in [9.17, 15) is 4.79 Å². The van der Waals surface area contributed by atoms with E-state index in [0.717, 1.165) is 11.8 Å². The molecule has 74 valence electrons. The quantitative estimate of drug-likeness (QED) is 0.325. The number of rotatable bonds is 3. The molecule has 0 aromatic heterocycles. The van der Waals surface area contributed by atoms with Gasteiger partial charge in [-0.25, -0.2) is 4.79 Å². The predicted molar refractivity (Wildman–Crippen MR) is 56.3 cm³/mol. The first-order valence-corrected chi connectivity index (χ1v) is 4.26. The zero-order chi connectivity index (χ0) is 11.1. The van der Waals surface area contributed by atoms with Crippen LogP contribution in [0.3, 0.4) is 0 Å². The number of carbonyl (C=O) groups excluding carboxylic acids is 1. The molecule has 1 rings (SSSR count). The highest BCUT2D eigenvalue weighted by Crippen LogP contribution is 2.07. The van der Waals surface area contributed by atoms with Crippen molar-refractivity contribution in [2.24, 2.45) is 0 Å². The maximum atomic E-state index is 11.2. The number of hydrogen-bond donors (Lipinski definition) is 0. The van der Waals surface area contributed by atoms with Crippen molar-refractivity contribution < 1.29 is 9.53 Å². The van der Waals surface area contributed by atoms with E-state index in [4.69, 9.17) is 5.26 Å². The average molecular weight is 199 g/mol. The van der Waals surface area contributed by atoms with E-state index in [1.54, 1.807) is 18.2 Å². The van der Waals surface area contributed by atoms with Gasteiger partial charge in [0.1, 0.15) is 11.6 Å². The molecule has 0 aliphatic heterocycles.